The Kier molecular flexibility index (Phi) is 3.88. The summed E-state index contributed by atoms with van der Waals surface area (Å²) in [7, 11) is 1.85. The lowest BCUT2D eigenvalue weighted by Crippen LogP contribution is -2.04. The fourth-order valence-corrected chi connectivity index (χ4v) is 2.19. The molecule has 0 fully saturated rings. The lowest BCUT2D eigenvalue weighted by Gasteiger charge is -2.15. The van der Waals surface area contributed by atoms with E-state index in [9.17, 15) is 0 Å². The van der Waals surface area contributed by atoms with E-state index in [1.165, 1.54) is 11.1 Å². The van der Waals surface area contributed by atoms with Crippen molar-refractivity contribution < 1.29 is 4.74 Å². The van der Waals surface area contributed by atoms with Crippen molar-refractivity contribution >= 4 is 0 Å². The van der Waals surface area contributed by atoms with Gasteiger partial charge < -0.3 is 4.74 Å². The Morgan fingerprint density at radius 1 is 1.21 bits per heavy atom. The van der Waals surface area contributed by atoms with Crippen LogP contribution in [0.2, 0.25) is 0 Å². The third-order valence-electron chi connectivity index (χ3n) is 3.21. The van der Waals surface area contributed by atoms with Gasteiger partial charge in [0.05, 0.1) is 6.20 Å². The van der Waals surface area contributed by atoms with Crippen LogP contribution in [-0.2, 0) is 7.05 Å². The number of nitrogens with zero attached hydrogens (tertiary/aromatic N) is 3. The maximum absolute atomic E-state index is 5.91. The first-order valence-corrected chi connectivity index (χ1v) is 6.60. The highest BCUT2D eigenvalue weighted by molar-refractivity contribution is 5.36. The van der Waals surface area contributed by atoms with Crippen molar-refractivity contribution in [2.24, 2.45) is 7.05 Å². The number of benzene rings is 1. The van der Waals surface area contributed by atoms with Gasteiger partial charge in [-0.15, -0.1) is 5.10 Å². The lowest BCUT2D eigenvalue weighted by atomic mass is 9.98. The fraction of sp³-hybridized carbons (Fsp3) is 0.467. The minimum absolute atomic E-state index is 0.0991. The lowest BCUT2D eigenvalue weighted by molar-refractivity contribution is 0.221. The Morgan fingerprint density at radius 2 is 1.95 bits per heavy atom. The highest BCUT2D eigenvalue weighted by Gasteiger charge is 2.12. The van der Waals surface area contributed by atoms with E-state index in [1.54, 1.807) is 4.68 Å². The van der Waals surface area contributed by atoms with Gasteiger partial charge in [0.25, 0.3) is 0 Å². The van der Waals surface area contributed by atoms with E-state index in [0.29, 0.717) is 5.92 Å². The Balaban J connectivity index is 2.13. The van der Waals surface area contributed by atoms with Crippen molar-refractivity contribution in [2.45, 2.75) is 39.7 Å². The van der Waals surface area contributed by atoms with Gasteiger partial charge in [0.15, 0.2) is 0 Å². The largest absolute Gasteiger partial charge is 0.484 e. The van der Waals surface area contributed by atoms with Crippen LogP contribution >= 0.6 is 0 Å². The van der Waals surface area contributed by atoms with Crippen molar-refractivity contribution in [1.82, 2.24) is 15.0 Å². The smallest absolute Gasteiger partial charge is 0.141 e. The molecule has 0 saturated heterocycles. The summed E-state index contributed by atoms with van der Waals surface area (Å²) in [5.41, 5.74) is 3.46. The molecule has 1 aromatic carbocycles. The number of hydrogen-bond acceptors (Lipinski definition) is 3. The van der Waals surface area contributed by atoms with Crippen molar-refractivity contribution in [1.29, 1.82) is 0 Å². The summed E-state index contributed by atoms with van der Waals surface area (Å²) in [6.07, 6.45) is 1.78. The molecule has 102 valence electrons. The third kappa shape index (κ3) is 3.13. The van der Waals surface area contributed by atoms with Crippen LogP contribution < -0.4 is 4.74 Å². The summed E-state index contributed by atoms with van der Waals surface area (Å²) in [6, 6.07) is 6.25. The van der Waals surface area contributed by atoms with Crippen molar-refractivity contribution in [3.8, 4) is 5.75 Å². The number of rotatable bonds is 4. The summed E-state index contributed by atoms with van der Waals surface area (Å²) in [4.78, 5) is 0. The van der Waals surface area contributed by atoms with Gasteiger partial charge in [-0.25, -0.2) is 0 Å². The second-order valence-corrected chi connectivity index (χ2v) is 5.25. The first-order chi connectivity index (χ1) is 8.97. The Bertz CT molecular complexity index is 560. The van der Waals surface area contributed by atoms with Crippen LogP contribution in [0, 0.1) is 6.92 Å². The first kappa shape index (κ1) is 13.6. The highest BCUT2D eigenvalue weighted by atomic mass is 16.5. The zero-order valence-corrected chi connectivity index (χ0v) is 12.2. The monoisotopic (exact) mass is 259 g/mol. The molecule has 0 amide bonds. The SMILES string of the molecule is Cc1cc(OC(C)c2cn(C)nn2)ccc1C(C)C. The normalized spacial score (nSPS) is 12.7. The molecule has 1 aromatic heterocycles. The molecule has 0 N–H and O–H groups in total. The predicted molar refractivity (Wildman–Crippen MR) is 75.3 cm³/mol. The molecule has 0 spiro atoms. The van der Waals surface area contributed by atoms with Crippen LogP contribution in [0.25, 0.3) is 0 Å². The minimum Gasteiger partial charge on any atom is -0.484 e. The number of ether oxygens (including phenoxy) is 1. The van der Waals surface area contributed by atoms with Crippen LogP contribution in [-0.4, -0.2) is 15.0 Å². The molecule has 0 bridgehead atoms. The van der Waals surface area contributed by atoms with E-state index in [0.717, 1.165) is 11.4 Å². The second-order valence-electron chi connectivity index (χ2n) is 5.25. The first-order valence-electron chi connectivity index (χ1n) is 6.60. The van der Waals surface area contributed by atoms with Gasteiger partial charge in [-0.05, 0) is 43.0 Å². The summed E-state index contributed by atoms with van der Waals surface area (Å²) < 4.78 is 7.60. The number of aryl methyl sites for hydroxylation is 2. The van der Waals surface area contributed by atoms with Gasteiger partial charge in [-0.2, -0.15) is 0 Å². The minimum atomic E-state index is -0.0991. The van der Waals surface area contributed by atoms with E-state index >= 15 is 0 Å². The standard InChI is InChI=1S/C15H21N3O/c1-10(2)14-7-6-13(8-11(14)3)19-12(4)15-9-18(5)17-16-15/h6-10,12H,1-5H3. The summed E-state index contributed by atoms with van der Waals surface area (Å²) in [6.45, 7) is 8.50. The number of hydrogen-bond donors (Lipinski definition) is 0. The maximum Gasteiger partial charge on any atom is 0.141 e. The van der Waals surface area contributed by atoms with E-state index in [1.807, 2.05) is 26.2 Å². The topological polar surface area (TPSA) is 39.9 Å². The molecule has 2 rings (SSSR count). The van der Waals surface area contributed by atoms with Gasteiger partial charge in [0, 0.05) is 7.05 Å². The molecule has 0 aliphatic carbocycles. The Labute approximate surface area is 114 Å². The average Bonchev–Trinajstić information content (AvgIpc) is 2.75. The van der Waals surface area contributed by atoms with Crippen LogP contribution in [0.3, 0.4) is 0 Å². The molecule has 1 atom stereocenters. The molecule has 0 saturated carbocycles. The molecular weight excluding hydrogens is 238 g/mol. The molecule has 0 radical (unpaired) electrons. The van der Waals surface area contributed by atoms with E-state index < -0.39 is 0 Å². The Hall–Kier alpha value is -1.84. The molecule has 1 heterocycles. The van der Waals surface area contributed by atoms with Gasteiger partial charge in [-0.1, -0.05) is 25.1 Å². The van der Waals surface area contributed by atoms with Gasteiger partial charge >= 0.3 is 0 Å². The average molecular weight is 259 g/mol. The predicted octanol–water partition coefficient (Wildman–Crippen LogP) is 3.39. The summed E-state index contributed by atoms with van der Waals surface area (Å²) in [5, 5.41) is 7.99. The van der Waals surface area contributed by atoms with Crippen molar-refractivity contribution in [2.75, 3.05) is 0 Å². The fourth-order valence-electron chi connectivity index (χ4n) is 2.19. The molecule has 2 aromatic rings. The van der Waals surface area contributed by atoms with Gasteiger partial charge in [0.1, 0.15) is 17.5 Å². The van der Waals surface area contributed by atoms with E-state index in [-0.39, 0.29) is 6.10 Å². The molecule has 0 aliphatic rings. The molecule has 19 heavy (non-hydrogen) atoms. The molecule has 4 heteroatoms. The number of aromatic nitrogens is 3. The zero-order chi connectivity index (χ0) is 14.0. The summed E-state index contributed by atoms with van der Waals surface area (Å²) >= 11 is 0. The van der Waals surface area contributed by atoms with Crippen LogP contribution in [0.1, 0.15) is 49.6 Å². The zero-order valence-electron chi connectivity index (χ0n) is 12.2. The molecule has 0 aliphatic heterocycles. The third-order valence-corrected chi connectivity index (χ3v) is 3.21. The quantitative estimate of drug-likeness (QED) is 0.845. The van der Waals surface area contributed by atoms with Crippen molar-refractivity contribution in [3.05, 3.63) is 41.2 Å². The molecular formula is C15H21N3O. The van der Waals surface area contributed by atoms with E-state index in [2.05, 4.69) is 43.2 Å². The van der Waals surface area contributed by atoms with Gasteiger partial charge in [-0.3, -0.25) is 4.68 Å². The highest BCUT2D eigenvalue weighted by Crippen LogP contribution is 2.26. The Morgan fingerprint density at radius 3 is 2.47 bits per heavy atom. The molecule has 4 nitrogen and oxygen atoms in total. The van der Waals surface area contributed by atoms with Crippen LogP contribution in [0.4, 0.5) is 0 Å². The maximum atomic E-state index is 5.91. The van der Waals surface area contributed by atoms with Crippen LogP contribution in [0.5, 0.6) is 5.75 Å². The van der Waals surface area contributed by atoms with E-state index in [4.69, 9.17) is 4.74 Å². The molecule has 1 unspecified atom stereocenters. The second kappa shape index (κ2) is 5.43. The van der Waals surface area contributed by atoms with Gasteiger partial charge in [0.2, 0.25) is 0 Å². The summed E-state index contributed by atoms with van der Waals surface area (Å²) in [5.74, 6) is 1.41. The van der Waals surface area contributed by atoms with Crippen molar-refractivity contribution in [3.63, 3.8) is 0 Å². The van der Waals surface area contributed by atoms with Crippen LogP contribution in [0.15, 0.2) is 24.4 Å².